The van der Waals surface area contributed by atoms with Crippen molar-refractivity contribution >= 4 is 102 Å². The molecule has 0 aliphatic carbocycles. The Morgan fingerprint density at radius 1 is 0.513 bits per heavy atom. The summed E-state index contributed by atoms with van der Waals surface area (Å²) in [4.78, 5) is 22.6. The van der Waals surface area contributed by atoms with Gasteiger partial charge >= 0.3 is 0 Å². The predicted octanol–water partition coefficient (Wildman–Crippen LogP) is 20.2. The Kier molecular flexibility index (Phi) is 16.4. The Balaban J connectivity index is 1.12. The highest BCUT2D eigenvalue weighted by molar-refractivity contribution is 7.28. The van der Waals surface area contributed by atoms with E-state index in [0.29, 0.717) is 19.7 Å². The van der Waals surface area contributed by atoms with Crippen LogP contribution in [0.2, 0.25) is 0 Å². The normalized spacial score (nSPS) is 12.2. The Morgan fingerprint density at radius 2 is 1.04 bits per heavy atom. The van der Waals surface area contributed by atoms with Crippen LogP contribution in [0.1, 0.15) is 81.2 Å². The zero-order chi connectivity index (χ0) is 53.2. The number of allylic oxidation sites excluding steroid dienone is 1. The Hall–Kier alpha value is -7.94. The number of hydrogen-bond acceptors (Lipinski definition) is 10. The molecular formula is C68H61N3O4S3. The zero-order valence-corrected chi connectivity index (χ0v) is 46.5. The first-order chi connectivity index (χ1) is 38.5. The van der Waals surface area contributed by atoms with Gasteiger partial charge in [0.05, 0.1) is 14.6 Å². The van der Waals surface area contributed by atoms with Crippen molar-refractivity contribution in [1.82, 2.24) is 0 Å². The number of nitrogens with zero attached hydrogens (tertiary/aromatic N) is 3. The minimum absolute atomic E-state index is 0.0192. The summed E-state index contributed by atoms with van der Waals surface area (Å²) >= 11 is 5.23. The SMILES string of the molecule is CCCCCCc1cc(/C=C(\C#N)OC=O)sc1-c1cc(CCCCCC)c(-c2sc(-c3cc(N(c4ccccc4)c4ccc5ccccc5c4)cc(N(c4ccccc4)c4ccc5ccccc5c4)c3)c3c2OCCO3)s1. The van der Waals surface area contributed by atoms with E-state index in [1.54, 1.807) is 28.7 Å². The van der Waals surface area contributed by atoms with Gasteiger partial charge in [0.15, 0.2) is 11.5 Å². The number of fused-ring (bicyclic) bond motifs is 3. The molecule has 0 saturated carbocycles. The maximum absolute atomic E-state index is 11.3. The van der Waals surface area contributed by atoms with Crippen molar-refractivity contribution in [1.29, 1.82) is 5.26 Å². The molecule has 0 unspecified atom stereocenters. The maximum atomic E-state index is 11.3. The number of thiophene rings is 3. The number of aryl methyl sites for hydroxylation is 2. The lowest BCUT2D eigenvalue weighted by Crippen LogP contribution is -2.15. The summed E-state index contributed by atoms with van der Waals surface area (Å²) in [6, 6.07) is 65.5. The number of rotatable bonds is 22. The number of hydrogen-bond donors (Lipinski definition) is 0. The van der Waals surface area contributed by atoms with Gasteiger partial charge in [-0.2, -0.15) is 5.26 Å². The van der Waals surface area contributed by atoms with Crippen LogP contribution in [0, 0.1) is 11.3 Å². The van der Waals surface area contributed by atoms with E-state index in [2.05, 4.69) is 200 Å². The summed E-state index contributed by atoms with van der Waals surface area (Å²) in [6.07, 6.45) is 12.7. The molecule has 7 aromatic carbocycles. The van der Waals surface area contributed by atoms with Gasteiger partial charge in [0.1, 0.15) is 19.3 Å². The van der Waals surface area contributed by atoms with Crippen LogP contribution >= 0.6 is 34.0 Å². The second-order valence-electron chi connectivity index (χ2n) is 19.7. The molecular weight excluding hydrogens is 1020 g/mol. The highest BCUT2D eigenvalue weighted by atomic mass is 32.1. The van der Waals surface area contributed by atoms with E-state index in [-0.39, 0.29) is 5.76 Å². The first-order valence-corrected chi connectivity index (χ1v) is 29.7. The van der Waals surface area contributed by atoms with E-state index < -0.39 is 0 Å². The standard InChI is InChI=1S/C68H61N3O4S3/c1-3-5-7-11-25-51-41-61(44-60(45-69)75-46-72)76-65(51)62-42-52(26-12-8-6-4-2)67(77-62)68-64-63(73-35-36-74-64)66(78-68)53-39-58(70(54-27-13-9-14-28-54)56-33-31-47-21-17-19-23-49(47)37-56)43-59(40-53)71(55-29-15-10-16-30-55)57-34-32-48-22-18-20-24-50(48)38-57/h9-10,13-24,27-34,37-44,46H,3-8,11-12,25-26,35-36H2,1-2H3/b60-44+. The molecule has 0 saturated heterocycles. The number of para-hydroxylation sites is 2. The lowest BCUT2D eigenvalue weighted by molar-refractivity contribution is -0.124. The summed E-state index contributed by atoms with van der Waals surface area (Å²) in [6.45, 7) is 5.70. The first-order valence-electron chi connectivity index (χ1n) is 27.2. The topological polar surface area (TPSA) is 75.0 Å². The second-order valence-corrected chi connectivity index (χ2v) is 22.8. The number of ether oxygens (including phenoxy) is 3. The molecule has 78 heavy (non-hydrogen) atoms. The fourth-order valence-corrected chi connectivity index (χ4v) is 14.4. The highest BCUT2D eigenvalue weighted by Crippen LogP contribution is 2.58. The molecule has 0 spiro atoms. The molecule has 0 fully saturated rings. The summed E-state index contributed by atoms with van der Waals surface area (Å²) in [7, 11) is 0. The van der Waals surface area contributed by atoms with E-state index >= 15 is 0 Å². The smallest absolute Gasteiger partial charge is 0.299 e. The minimum atomic E-state index is -0.0192. The van der Waals surface area contributed by atoms with Crippen LogP contribution in [0.5, 0.6) is 11.5 Å². The molecule has 1 aliphatic rings. The van der Waals surface area contributed by atoms with Crippen LogP contribution in [-0.4, -0.2) is 19.7 Å². The van der Waals surface area contributed by atoms with E-state index in [4.69, 9.17) is 14.2 Å². The molecule has 10 aromatic rings. The van der Waals surface area contributed by atoms with Crippen LogP contribution in [0.4, 0.5) is 34.1 Å². The van der Waals surface area contributed by atoms with Crippen molar-refractivity contribution < 1.29 is 19.0 Å². The third kappa shape index (κ3) is 11.4. The fourth-order valence-electron chi connectivity index (χ4n) is 10.5. The van der Waals surface area contributed by atoms with Crippen LogP contribution in [-0.2, 0) is 22.4 Å². The Morgan fingerprint density at radius 3 is 1.58 bits per heavy atom. The maximum Gasteiger partial charge on any atom is 0.299 e. The minimum Gasteiger partial charge on any atom is -0.485 e. The quantitative estimate of drug-likeness (QED) is 0.0290. The molecule has 4 heterocycles. The van der Waals surface area contributed by atoms with Crippen LogP contribution in [0.25, 0.3) is 57.6 Å². The van der Waals surface area contributed by atoms with Crippen LogP contribution in [0.15, 0.2) is 182 Å². The zero-order valence-electron chi connectivity index (χ0n) is 44.1. The van der Waals surface area contributed by atoms with Crippen molar-refractivity contribution in [2.45, 2.75) is 78.1 Å². The molecule has 0 amide bonds. The van der Waals surface area contributed by atoms with Gasteiger partial charge in [0.2, 0.25) is 5.76 Å². The number of carbonyl (C=O) groups excluding carboxylic acids is 1. The molecule has 11 rings (SSSR count). The van der Waals surface area contributed by atoms with Crippen molar-refractivity contribution in [2.24, 2.45) is 0 Å². The number of nitriles is 1. The summed E-state index contributed by atoms with van der Waals surface area (Å²) in [5.74, 6) is 1.54. The van der Waals surface area contributed by atoms with Gasteiger partial charge in [-0.15, -0.1) is 34.0 Å². The van der Waals surface area contributed by atoms with E-state index in [1.165, 1.54) is 49.4 Å². The Labute approximate surface area is 469 Å². The van der Waals surface area contributed by atoms with Gasteiger partial charge < -0.3 is 24.0 Å². The molecule has 0 atom stereocenters. The molecule has 7 nitrogen and oxygen atoms in total. The van der Waals surface area contributed by atoms with Crippen molar-refractivity contribution in [3.63, 3.8) is 0 Å². The van der Waals surface area contributed by atoms with Gasteiger partial charge in [0, 0.05) is 54.8 Å². The van der Waals surface area contributed by atoms with Gasteiger partial charge in [0.25, 0.3) is 6.47 Å². The van der Waals surface area contributed by atoms with E-state index in [0.717, 1.165) is 128 Å². The van der Waals surface area contributed by atoms with Gasteiger partial charge in [-0.3, -0.25) is 4.79 Å². The number of benzene rings is 7. The molecule has 1 aliphatic heterocycles. The molecule has 3 aromatic heterocycles. The average molecular weight is 1080 g/mol. The van der Waals surface area contributed by atoms with Gasteiger partial charge in [-0.05, 0) is 143 Å². The second kappa shape index (κ2) is 24.6. The third-order valence-electron chi connectivity index (χ3n) is 14.3. The van der Waals surface area contributed by atoms with Crippen LogP contribution in [0.3, 0.4) is 0 Å². The summed E-state index contributed by atoms with van der Waals surface area (Å²) in [5, 5.41) is 14.5. The molecule has 390 valence electrons. The van der Waals surface area contributed by atoms with Gasteiger partial charge in [-0.1, -0.05) is 149 Å². The number of unbranched alkanes of at least 4 members (excludes halogenated alkanes) is 6. The highest BCUT2D eigenvalue weighted by Gasteiger charge is 2.31. The largest absolute Gasteiger partial charge is 0.485 e. The van der Waals surface area contributed by atoms with E-state index in [9.17, 15) is 10.1 Å². The lowest BCUT2D eigenvalue weighted by Gasteiger charge is -2.30. The number of carbonyl (C=O) groups is 1. The molecule has 0 N–H and O–H groups in total. The van der Waals surface area contributed by atoms with Crippen molar-refractivity contribution in [3.8, 4) is 47.5 Å². The van der Waals surface area contributed by atoms with Crippen molar-refractivity contribution in [3.05, 3.63) is 198 Å². The summed E-state index contributed by atoms with van der Waals surface area (Å²) in [5.41, 5.74) is 9.72. The van der Waals surface area contributed by atoms with Crippen LogP contribution < -0.4 is 19.3 Å². The molecule has 10 heteroatoms. The van der Waals surface area contributed by atoms with Crippen molar-refractivity contribution in [2.75, 3.05) is 23.0 Å². The van der Waals surface area contributed by atoms with Gasteiger partial charge in [-0.25, -0.2) is 0 Å². The lowest BCUT2D eigenvalue weighted by atomic mass is 10.0. The fraction of sp³-hybridized carbons (Fsp3) is 0.206. The molecule has 0 bridgehead atoms. The summed E-state index contributed by atoms with van der Waals surface area (Å²) < 4.78 is 18.7. The van der Waals surface area contributed by atoms with E-state index in [1.807, 2.05) is 17.4 Å². The average Bonchev–Trinajstić information content (AvgIpc) is 4.37. The third-order valence-corrected chi connectivity index (χ3v) is 18.2. The molecule has 0 radical (unpaired) electrons. The monoisotopic (exact) mass is 1080 g/mol. The Bertz CT molecular complexity index is 3630. The number of anilines is 6. The first kappa shape index (κ1) is 52.1. The predicted molar refractivity (Wildman–Crippen MR) is 328 cm³/mol.